The van der Waals surface area contributed by atoms with Crippen molar-refractivity contribution in [1.29, 1.82) is 0 Å². The van der Waals surface area contributed by atoms with E-state index in [1.807, 2.05) is 6.92 Å². The third-order valence-corrected chi connectivity index (χ3v) is 3.65. The first kappa shape index (κ1) is 13.4. The average molecular weight is 247 g/mol. The maximum atomic E-state index is 5.68. The van der Waals surface area contributed by atoms with Crippen LogP contribution in [0.25, 0.3) is 0 Å². The number of para-hydroxylation sites is 1. The van der Waals surface area contributed by atoms with Gasteiger partial charge in [-0.15, -0.1) is 0 Å². The van der Waals surface area contributed by atoms with Crippen molar-refractivity contribution in [3.8, 4) is 5.75 Å². The largest absolute Gasteiger partial charge is 0.494 e. The topological polar surface area (TPSA) is 21.3 Å². The summed E-state index contributed by atoms with van der Waals surface area (Å²) in [5, 5.41) is 3.63. The first-order chi connectivity index (χ1) is 8.85. The fourth-order valence-electron chi connectivity index (χ4n) is 2.58. The van der Waals surface area contributed by atoms with Gasteiger partial charge in [0.1, 0.15) is 5.75 Å². The zero-order valence-electron chi connectivity index (χ0n) is 11.6. The minimum Gasteiger partial charge on any atom is -0.494 e. The quantitative estimate of drug-likeness (QED) is 0.760. The second kappa shape index (κ2) is 6.79. The Labute approximate surface area is 111 Å². The summed E-state index contributed by atoms with van der Waals surface area (Å²) in [6, 6.07) is 9.14. The van der Waals surface area contributed by atoms with Gasteiger partial charge in [-0.3, -0.25) is 0 Å². The molecular weight excluding hydrogens is 222 g/mol. The van der Waals surface area contributed by atoms with Crippen LogP contribution in [0.3, 0.4) is 0 Å². The van der Waals surface area contributed by atoms with Crippen molar-refractivity contribution in [1.82, 2.24) is 5.32 Å². The Morgan fingerprint density at radius 3 is 2.72 bits per heavy atom. The molecule has 0 radical (unpaired) electrons. The Balaban J connectivity index is 1.91. The van der Waals surface area contributed by atoms with E-state index in [2.05, 4.69) is 36.5 Å². The molecule has 0 aliphatic heterocycles. The molecule has 1 aliphatic carbocycles. The normalized spacial score (nSPS) is 16.6. The molecule has 1 aromatic rings. The third kappa shape index (κ3) is 3.74. The lowest BCUT2D eigenvalue weighted by atomic mass is 10.0. The lowest BCUT2D eigenvalue weighted by molar-refractivity contribution is 0.335. The van der Waals surface area contributed by atoms with E-state index in [1.165, 1.54) is 24.8 Å². The molecule has 0 bridgehead atoms. The number of rotatable bonds is 8. The molecular formula is C16H25NO. The smallest absolute Gasteiger partial charge is 0.122 e. The van der Waals surface area contributed by atoms with Gasteiger partial charge in [0, 0.05) is 6.04 Å². The van der Waals surface area contributed by atoms with Gasteiger partial charge < -0.3 is 10.1 Å². The van der Waals surface area contributed by atoms with E-state index in [0.717, 1.165) is 31.2 Å². The number of aryl methyl sites for hydroxylation is 1. The van der Waals surface area contributed by atoms with Crippen LogP contribution in [-0.2, 0) is 6.42 Å². The molecule has 0 spiro atoms. The lowest BCUT2D eigenvalue weighted by Crippen LogP contribution is -2.31. The van der Waals surface area contributed by atoms with E-state index in [-0.39, 0.29) is 0 Å². The Morgan fingerprint density at radius 1 is 1.28 bits per heavy atom. The predicted octanol–water partition coefficient (Wildman–Crippen LogP) is 3.41. The summed E-state index contributed by atoms with van der Waals surface area (Å²) in [5.74, 6) is 1.98. The van der Waals surface area contributed by atoms with Gasteiger partial charge in [0.25, 0.3) is 0 Å². The highest BCUT2D eigenvalue weighted by atomic mass is 16.5. The zero-order valence-corrected chi connectivity index (χ0v) is 11.6. The molecule has 100 valence electrons. The fourth-order valence-corrected chi connectivity index (χ4v) is 2.58. The highest BCUT2D eigenvalue weighted by Crippen LogP contribution is 2.35. The maximum Gasteiger partial charge on any atom is 0.122 e. The van der Waals surface area contributed by atoms with Crippen molar-refractivity contribution >= 4 is 0 Å². The predicted molar refractivity (Wildman–Crippen MR) is 76.1 cm³/mol. The van der Waals surface area contributed by atoms with Gasteiger partial charge >= 0.3 is 0 Å². The van der Waals surface area contributed by atoms with Crippen molar-refractivity contribution in [2.24, 2.45) is 5.92 Å². The molecule has 1 aliphatic rings. The van der Waals surface area contributed by atoms with E-state index in [9.17, 15) is 0 Å². The first-order valence-electron chi connectivity index (χ1n) is 7.29. The van der Waals surface area contributed by atoms with Gasteiger partial charge in [-0.2, -0.15) is 0 Å². The monoisotopic (exact) mass is 247 g/mol. The Kier molecular flexibility index (Phi) is 5.06. The summed E-state index contributed by atoms with van der Waals surface area (Å²) < 4.78 is 5.68. The van der Waals surface area contributed by atoms with Crippen molar-refractivity contribution in [3.05, 3.63) is 29.8 Å². The maximum absolute atomic E-state index is 5.68. The van der Waals surface area contributed by atoms with E-state index in [4.69, 9.17) is 4.74 Å². The van der Waals surface area contributed by atoms with Gasteiger partial charge in [0.2, 0.25) is 0 Å². The summed E-state index contributed by atoms with van der Waals surface area (Å²) >= 11 is 0. The second-order valence-electron chi connectivity index (χ2n) is 5.08. The van der Waals surface area contributed by atoms with Crippen molar-refractivity contribution in [3.63, 3.8) is 0 Å². The molecule has 1 unspecified atom stereocenters. The molecule has 2 heteroatoms. The number of nitrogens with one attached hydrogen (secondary N) is 1. The Morgan fingerprint density at radius 2 is 2.06 bits per heavy atom. The highest BCUT2D eigenvalue weighted by molar-refractivity contribution is 5.33. The molecule has 0 heterocycles. The van der Waals surface area contributed by atoms with Crippen LogP contribution in [0.5, 0.6) is 5.75 Å². The van der Waals surface area contributed by atoms with Crippen LogP contribution in [0.15, 0.2) is 24.3 Å². The van der Waals surface area contributed by atoms with E-state index >= 15 is 0 Å². The molecule has 1 atom stereocenters. The molecule has 0 amide bonds. The van der Waals surface area contributed by atoms with Gasteiger partial charge in [0.05, 0.1) is 6.61 Å². The lowest BCUT2D eigenvalue weighted by Gasteiger charge is -2.18. The summed E-state index contributed by atoms with van der Waals surface area (Å²) in [4.78, 5) is 0. The van der Waals surface area contributed by atoms with Crippen LogP contribution >= 0.6 is 0 Å². The average Bonchev–Trinajstić information content (AvgIpc) is 3.21. The molecule has 1 N–H and O–H groups in total. The van der Waals surface area contributed by atoms with Crippen LogP contribution in [0.2, 0.25) is 0 Å². The number of benzene rings is 1. The van der Waals surface area contributed by atoms with Crippen LogP contribution in [0.4, 0.5) is 0 Å². The van der Waals surface area contributed by atoms with Crippen molar-refractivity contribution < 1.29 is 4.74 Å². The molecule has 1 aromatic carbocycles. The second-order valence-corrected chi connectivity index (χ2v) is 5.08. The van der Waals surface area contributed by atoms with Crippen LogP contribution in [-0.4, -0.2) is 19.2 Å². The molecule has 2 rings (SSSR count). The summed E-state index contributed by atoms with van der Waals surface area (Å²) in [6.07, 6.45) is 5.16. The first-order valence-corrected chi connectivity index (χ1v) is 7.29. The van der Waals surface area contributed by atoms with Gasteiger partial charge in [0.15, 0.2) is 0 Å². The standard InChI is InChI=1S/C16H25NO/c1-3-17-15(13-9-10-13)12-11-14-7-5-6-8-16(14)18-4-2/h5-8,13,15,17H,3-4,9-12H2,1-2H3. The Hall–Kier alpha value is -1.02. The molecule has 0 saturated heterocycles. The molecule has 1 fully saturated rings. The third-order valence-electron chi connectivity index (χ3n) is 3.65. The fraction of sp³-hybridized carbons (Fsp3) is 0.625. The highest BCUT2D eigenvalue weighted by Gasteiger charge is 2.30. The summed E-state index contributed by atoms with van der Waals surface area (Å²) in [5.41, 5.74) is 1.35. The van der Waals surface area contributed by atoms with E-state index in [0.29, 0.717) is 6.04 Å². The molecule has 1 saturated carbocycles. The summed E-state index contributed by atoms with van der Waals surface area (Å²) in [6.45, 7) is 6.07. The van der Waals surface area contributed by atoms with Crippen LogP contribution < -0.4 is 10.1 Å². The zero-order chi connectivity index (χ0) is 12.8. The van der Waals surface area contributed by atoms with Gasteiger partial charge in [-0.1, -0.05) is 25.1 Å². The number of hydrogen-bond donors (Lipinski definition) is 1. The van der Waals surface area contributed by atoms with Crippen LogP contribution in [0.1, 0.15) is 38.7 Å². The number of hydrogen-bond acceptors (Lipinski definition) is 2. The van der Waals surface area contributed by atoms with Crippen molar-refractivity contribution in [2.75, 3.05) is 13.2 Å². The molecule has 18 heavy (non-hydrogen) atoms. The molecule has 0 aromatic heterocycles. The minimum atomic E-state index is 0.699. The summed E-state index contributed by atoms with van der Waals surface area (Å²) in [7, 11) is 0. The SMILES string of the molecule is CCNC(CCc1ccccc1OCC)C1CC1. The minimum absolute atomic E-state index is 0.699. The van der Waals surface area contributed by atoms with E-state index in [1.54, 1.807) is 0 Å². The van der Waals surface area contributed by atoms with Gasteiger partial charge in [-0.25, -0.2) is 0 Å². The Bertz CT molecular complexity index is 360. The van der Waals surface area contributed by atoms with Crippen LogP contribution in [0, 0.1) is 5.92 Å². The van der Waals surface area contributed by atoms with Crippen molar-refractivity contribution in [2.45, 2.75) is 45.6 Å². The number of ether oxygens (including phenoxy) is 1. The van der Waals surface area contributed by atoms with E-state index < -0.39 is 0 Å². The van der Waals surface area contributed by atoms with Gasteiger partial charge in [-0.05, 0) is 56.7 Å². The molecule has 2 nitrogen and oxygen atoms in total.